The monoisotopic (exact) mass is 270 g/mol. The Morgan fingerprint density at radius 3 is 2.80 bits per heavy atom. The number of nitrogens with zero attached hydrogens (tertiary/aromatic N) is 3. The molecule has 0 atom stereocenters. The topological polar surface area (TPSA) is 88.8 Å². The fraction of sp³-hybridized carbons (Fsp3) is 0.357. The van der Waals surface area contributed by atoms with Crippen molar-refractivity contribution in [3.8, 4) is 0 Å². The summed E-state index contributed by atoms with van der Waals surface area (Å²) in [5, 5.41) is 3.32. The Labute approximate surface area is 117 Å². The van der Waals surface area contributed by atoms with Crippen LogP contribution in [0.5, 0.6) is 0 Å². The summed E-state index contributed by atoms with van der Waals surface area (Å²) in [5.74, 6) is 8.31. The molecule has 2 aromatic heterocycles. The second-order valence-electron chi connectivity index (χ2n) is 4.95. The zero-order valence-electron chi connectivity index (χ0n) is 11.2. The van der Waals surface area contributed by atoms with Gasteiger partial charge >= 0.3 is 0 Å². The van der Waals surface area contributed by atoms with E-state index in [-0.39, 0.29) is 0 Å². The van der Waals surface area contributed by atoms with E-state index in [1.165, 1.54) is 18.4 Å². The molecule has 1 aliphatic rings. The van der Waals surface area contributed by atoms with Crippen LogP contribution in [-0.2, 0) is 6.42 Å². The lowest BCUT2D eigenvalue weighted by Gasteiger charge is -2.09. The third-order valence-corrected chi connectivity index (χ3v) is 3.28. The first-order chi connectivity index (χ1) is 9.85. The summed E-state index contributed by atoms with van der Waals surface area (Å²) in [5.41, 5.74) is 3.80. The van der Waals surface area contributed by atoms with Crippen LogP contribution >= 0.6 is 0 Å². The zero-order chi connectivity index (χ0) is 13.8. The van der Waals surface area contributed by atoms with E-state index in [0.717, 1.165) is 24.6 Å². The summed E-state index contributed by atoms with van der Waals surface area (Å²) in [7, 11) is 0. The Bertz CT molecular complexity index is 567. The number of hydrogen-bond donors (Lipinski definition) is 3. The molecule has 0 unspecified atom stereocenters. The van der Waals surface area contributed by atoms with E-state index in [4.69, 9.17) is 5.84 Å². The molecule has 1 aliphatic carbocycles. The van der Waals surface area contributed by atoms with Gasteiger partial charge in [0.2, 0.25) is 0 Å². The highest BCUT2D eigenvalue weighted by Crippen LogP contribution is 2.38. The van der Waals surface area contributed by atoms with Crippen LogP contribution in [0, 0.1) is 0 Å². The quantitative estimate of drug-likeness (QED) is 0.547. The predicted molar refractivity (Wildman–Crippen MR) is 78.2 cm³/mol. The highest BCUT2D eigenvalue weighted by Gasteiger charge is 2.27. The Kier molecular flexibility index (Phi) is 3.73. The largest absolute Gasteiger partial charge is 0.370 e. The van der Waals surface area contributed by atoms with E-state index in [0.29, 0.717) is 11.7 Å². The molecule has 6 nitrogen and oxygen atoms in total. The average Bonchev–Trinajstić information content (AvgIpc) is 3.33. The van der Waals surface area contributed by atoms with Crippen LogP contribution in [0.15, 0.2) is 30.6 Å². The van der Waals surface area contributed by atoms with Gasteiger partial charge in [-0.3, -0.25) is 4.98 Å². The molecule has 104 valence electrons. The van der Waals surface area contributed by atoms with Crippen LogP contribution in [0.1, 0.15) is 30.1 Å². The van der Waals surface area contributed by atoms with Gasteiger partial charge in [-0.1, -0.05) is 6.07 Å². The molecular formula is C14H18N6. The van der Waals surface area contributed by atoms with Crippen molar-refractivity contribution in [1.82, 2.24) is 15.0 Å². The third-order valence-electron chi connectivity index (χ3n) is 3.28. The van der Waals surface area contributed by atoms with Crippen molar-refractivity contribution in [2.75, 3.05) is 17.3 Å². The summed E-state index contributed by atoms with van der Waals surface area (Å²) in [4.78, 5) is 13.0. The molecule has 4 N–H and O–H groups in total. The van der Waals surface area contributed by atoms with Crippen LogP contribution in [0.3, 0.4) is 0 Å². The maximum Gasteiger partial charge on any atom is 0.145 e. The van der Waals surface area contributed by atoms with Crippen molar-refractivity contribution in [3.63, 3.8) is 0 Å². The Balaban J connectivity index is 1.63. The SMILES string of the molecule is NNc1cc(NCCc2cccnc2)nc(C2CC2)n1. The number of nitrogens with two attached hydrogens (primary N) is 1. The van der Waals surface area contributed by atoms with Crippen molar-refractivity contribution < 1.29 is 0 Å². The molecule has 0 aliphatic heterocycles. The lowest BCUT2D eigenvalue weighted by molar-refractivity contribution is 0.913. The molecule has 2 heterocycles. The summed E-state index contributed by atoms with van der Waals surface area (Å²) in [6, 6.07) is 5.84. The molecule has 2 aromatic rings. The average molecular weight is 270 g/mol. The maximum absolute atomic E-state index is 5.45. The second-order valence-corrected chi connectivity index (χ2v) is 4.95. The molecule has 20 heavy (non-hydrogen) atoms. The maximum atomic E-state index is 5.45. The second kappa shape index (κ2) is 5.83. The highest BCUT2D eigenvalue weighted by atomic mass is 15.3. The number of nitrogens with one attached hydrogen (secondary N) is 2. The van der Waals surface area contributed by atoms with E-state index in [1.807, 2.05) is 18.3 Å². The molecule has 1 fully saturated rings. The number of nitrogen functional groups attached to an aromatic ring is 1. The number of rotatable bonds is 6. The van der Waals surface area contributed by atoms with Gasteiger partial charge in [-0.15, -0.1) is 0 Å². The standard InChI is InChI=1S/C14H18N6/c15-20-13-8-12(18-14(19-13)11-3-4-11)17-7-5-10-2-1-6-16-9-10/h1-2,6,8-9,11H,3-5,7,15H2,(H2,17,18,19,20). The minimum atomic E-state index is 0.502. The van der Waals surface area contributed by atoms with Crippen molar-refractivity contribution >= 4 is 11.6 Å². The smallest absolute Gasteiger partial charge is 0.145 e. The van der Waals surface area contributed by atoms with Gasteiger partial charge in [-0.25, -0.2) is 15.8 Å². The van der Waals surface area contributed by atoms with Crippen LogP contribution in [0.2, 0.25) is 0 Å². The zero-order valence-corrected chi connectivity index (χ0v) is 11.2. The normalized spacial score (nSPS) is 14.1. The van der Waals surface area contributed by atoms with Crippen molar-refractivity contribution in [3.05, 3.63) is 42.0 Å². The first-order valence-electron chi connectivity index (χ1n) is 6.83. The van der Waals surface area contributed by atoms with Crippen LogP contribution < -0.4 is 16.6 Å². The van der Waals surface area contributed by atoms with Gasteiger partial charge in [0.15, 0.2) is 0 Å². The van der Waals surface area contributed by atoms with Crippen LogP contribution in [0.25, 0.3) is 0 Å². The van der Waals surface area contributed by atoms with Gasteiger partial charge < -0.3 is 10.7 Å². The van der Waals surface area contributed by atoms with Crippen molar-refractivity contribution in [1.29, 1.82) is 0 Å². The van der Waals surface area contributed by atoms with Crippen molar-refractivity contribution in [2.45, 2.75) is 25.2 Å². The lowest BCUT2D eigenvalue weighted by atomic mass is 10.2. The predicted octanol–water partition coefficient (Wildman–Crippen LogP) is 1.69. The molecule has 6 heteroatoms. The number of pyridine rings is 1. The fourth-order valence-corrected chi connectivity index (χ4v) is 2.04. The summed E-state index contributed by atoms with van der Waals surface area (Å²) in [6.07, 6.45) is 6.90. The van der Waals surface area contributed by atoms with Gasteiger partial charge in [0, 0.05) is 30.9 Å². The molecule has 3 rings (SSSR count). The van der Waals surface area contributed by atoms with Gasteiger partial charge in [0.1, 0.15) is 17.5 Å². The minimum Gasteiger partial charge on any atom is -0.370 e. The molecule has 0 bridgehead atoms. The Morgan fingerprint density at radius 1 is 1.25 bits per heavy atom. The molecule has 0 aromatic carbocycles. The molecular weight excluding hydrogens is 252 g/mol. The number of hydrogen-bond acceptors (Lipinski definition) is 6. The van der Waals surface area contributed by atoms with E-state index >= 15 is 0 Å². The number of aromatic nitrogens is 3. The molecule has 0 spiro atoms. The van der Waals surface area contributed by atoms with Gasteiger partial charge in [0.25, 0.3) is 0 Å². The van der Waals surface area contributed by atoms with Crippen LogP contribution in [-0.4, -0.2) is 21.5 Å². The van der Waals surface area contributed by atoms with Gasteiger partial charge in [0.05, 0.1) is 0 Å². The van der Waals surface area contributed by atoms with E-state index in [1.54, 1.807) is 6.20 Å². The molecule has 0 saturated heterocycles. The van der Waals surface area contributed by atoms with E-state index < -0.39 is 0 Å². The van der Waals surface area contributed by atoms with Crippen molar-refractivity contribution in [2.24, 2.45) is 5.84 Å². The lowest BCUT2D eigenvalue weighted by Crippen LogP contribution is -2.13. The summed E-state index contributed by atoms with van der Waals surface area (Å²) in [6.45, 7) is 0.802. The fourth-order valence-electron chi connectivity index (χ4n) is 2.04. The number of hydrazine groups is 1. The first kappa shape index (κ1) is 12.8. The van der Waals surface area contributed by atoms with Crippen LogP contribution in [0.4, 0.5) is 11.6 Å². The Hall–Kier alpha value is -2.21. The van der Waals surface area contributed by atoms with Gasteiger partial charge in [-0.2, -0.15) is 0 Å². The third kappa shape index (κ3) is 3.21. The Morgan fingerprint density at radius 2 is 2.10 bits per heavy atom. The first-order valence-corrected chi connectivity index (χ1v) is 6.83. The van der Waals surface area contributed by atoms with Gasteiger partial charge in [-0.05, 0) is 30.9 Å². The molecule has 0 radical (unpaired) electrons. The highest BCUT2D eigenvalue weighted by molar-refractivity contribution is 5.47. The number of anilines is 2. The summed E-state index contributed by atoms with van der Waals surface area (Å²) >= 11 is 0. The molecule has 0 amide bonds. The summed E-state index contributed by atoms with van der Waals surface area (Å²) < 4.78 is 0. The minimum absolute atomic E-state index is 0.502. The molecule has 1 saturated carbocycles. The van der Waals surface area contributed by atoms with E-state index in [9.17, 15) is 0 Å². The van der Waals surface area contributed by atoms with E-state index in [2.05, 4.69) is 31.8 Å².